The number of benzene rings is 1. The van der Waals surface area contributed by atoms with Crippen molar-refractivity contribution >= 4 is 5.91 Å². The molecule has 0 spiro atoms. The van der Waals surface area contributed by atoms with Crippen LogP contribution in [0.3, 0.4) is 0 Å². The van der Waals surface area contributed by atoms with Crippen molar-refractivity contribution in [3.63, 3.8) is 0 Å². The third-order valence-corrected chi connectivity index (χ3v) is 5.79. The predicted octanol–water partition coefficient (Wildman–Crippen LogP) is 4.18. The van der Waals surface area contributed by atoms with Crippen LogP contribution in [-0.2, 0) is 4.74 Å². The summed E-state index contributed by atoms with van der Waals surface area (Å²) in [6.45, 7) is 6.28. The van der Waals surface area contributed by atoms with E-state index in [2.05, 4.69) is 9.97 Å². The summed E-state index contributed by atoms with van der Waals surface area (Å²) in [5.74, 6) is 1.40. The average Bonchev–Trinajstić information content (AvgIpc) is 3.15. The molecule has 4 rings (SSSR count). The molecular formula is C23H29N3O2. The molecule has 2 aromatic rings. The Kier molecular flexibility index (Phi) is 5.72. The van der Waals surface area contributed by atoms with E-state index >= 15 is 0 Å². The molecule has 2 fully saturated rings. The average molecular weight is 380 g/mol. The van der Waals surface area contributed by atoms with Gasteiger partial charge in [0.25, 0.3) is 5.91 Å². The first-order valence-corrected chi connectivity index (χ1v) is 10.4. The summed E-state index contributed by atoms with van der Waals surface area (Å²) in [5.41, 5.74) is 3.46. The van der Waals surface area contributed by atoms with Crippen LogP contribution in [0.25, 0.3) is 11.4 Å². The second-order valence-corrected chi connectivity index (χ2v) is 8.20. The van der Waals surface area contributed by atoms with E-state index in [1.54, 1.807) is 0 Å². The van der Waals surface area contributed by atoms with Gasteiger partial charge in [-0.25, -0.2) is 9.97 Å². The van der Waals surface area contributed by atoms with E-state index in [4.69, 9.17) is 4.74 Å². The largest absolute Gasteiger partial charge is 0.376 e. The molecule has 0 N–H and O–H groups in total. The molecule has 1 aliphatic carbocycles. The summed E-state index contributed by atoms with van der Waals surface area (Å²) in [7, 11) is 0. The molecule has 1 aromatic carbocycles. The number of ether oxygens (including phenoxy) is 1. The van der Waals surface area contributed by atoms with Gasteiger partial charge in [-0.15, -0.1) is 0 Å². The molecule has 1 saturated carbocycles. The van der Waals surface area contributed by atoms with Crippen molar-refractivity contribution in [2.45, 2.75) is 52.1 Å². The predicted molar refractivity (Wildman–Crippen MR) is 109 cm³/mol. The van der Waals surface area contributed by atoms with Crippen molar-refractivity contribution in [2.24, 2.45) is 5.92 Å². The molecule has 0 bridgehead atoms. The lowest BCUT2D eigenvalue weighted by atomic mass is 9.85. The number of aromatic nitrogens is 2. The van der Waals surface area contributed by atoms with E-state index in [-0.39, 0.29) is 12.0 Å². The van der Waals surface area contributed by atoms with Crippen molar-refractivity contribution in [1.82, 2.24) is 14.9 Å². The van der Waals surface area contributed by atoms with E-state index in [0.29, 0.717) is 23.9 Å². The number of aryl methyl sites for hydroxylation is 2. The van der Waals surface area contributed by atoms with Crippen molar-refractivity contribution in [3.8, 4) is 11.4 Å². The van der Waals surface area contributed by atoms with E-state index < -0.39 is 0 Å². The molecule has 2 aliphatic rings. The van der Waals surface area contributed by atoms with E-state index in [0.717, 1.165) is 42.9 Å². The summed E-state index contributed by atoms with van der Waals surface area (Å²) in [6.07, 6.45) is 6.06. The van der Waals surface area contributed by atoms with Crippen LogP contribution in [0.15, 0.2) is 30.3 Å². The number of rotatable bonds is 6. The summed E-state index contributed by atoms with van der Waals surface area (Å²) in [4.78, 5) is 24.5. The molecule has 1 amide bonds. The maximum Gasteiger partial charge on any atom is 0.253 e. The van der Waals surface area contributed by atoms with Crippen LogP contribution in [0.1, 0.15) is 53.8 Å². The van der Waals surface area contributed by atoms with Crippen LogP contribution >= 0.6 is 0 Å². The lowest BCUT2D eigenvalue weighted by Crippen LogP contribution is -2.41. The molecule has 1 saturated heterocycles. The highest BCUT2D eigenvalue weighted by molar-refractivity contribution is 5.95. The molecule has 2 heterocycles. The SMILES string of the molecule is Cc1cc(C)nc(-c2cccc(C(=O)N(CC3CCC3)CC3CCCO3)c2)n1. The first kappa shape index (κ1) is 19.1. The van der Waals surface area contributed by atoms with Crippen LogP contribution in [0, 0.1) is 19.8 Å². The Morgan fingerprint density at radius 1 is 1.07 bits per heavy atom. The highest BCUT2D eigenvalue weighted by Crippen LogP contribution is 2.28. The Morgan fingerprint density at radius 2 is 1.86 bits per heavy atom. The molecule has 148 valence electrons. The minimum absolute atomic E-state index is 0.0913. The van der Waals surface area contributed by atoms with Crippen molar-refractivity contribution < 1.29 is 9.53 Å². The Morgan fingerprint density at radius 3 is 2.50 bits per heavy atom. The zero-order valence-electron chi connectivity index (χ0n) is 16.9. The summed E-state index contributed by atoms with van der Waals surface area (Å²) < 4.78 is 5.81. The fourth-order valence-electron chi connectivity index (χ4n) is 4.09. The van der Waals surface area contributed by atoms with Gasteiger partial charge >= 0.3 is 0 Å². The second-order valence-electron chi connectivity index (χ2n) is 8.20. The number of hydrogen-bond donors (Lipinski definition) is 0. The van der Waals surface area contributed by atoms with Gasteiger partial charge in [0.05, 0.1) is 6.10 Å². The van der Waals surface area contributed by atoms with Gasteiger partial charge in [0.1, 0.15) is 0 Å². The van der Waals surface area contributed by atoms with Gasteiger partial charge in [0.15, 0.2) is 5.82 Å². The van der Waals surface area contributed by atoms with Crippen LogP contribution in [-0.4, -0.2) is 46.6 Å². The second kappa shape index (κ2) is 8.39. The molecule has 0 radical (unpaired) electrons. The normalized spacial score (nSPS) is 19.4. The highest BCUT2D eigenvalue weighted by Gasteiger charge is 2.28. The van der Waals surface area contributed by atoms with Gasteiger partial charge in [-0.05, 0) is 63.6 Å². The number of hydrogen-bond acceptors (Lipinski definition) is 4. The Labute approximate surface area is 167 Å². The van der Waals surface area contributed by atoms with Gasteiger partial charge < -0.3 is 9.64 Å². The van der Waals surface area contributed by atoms with Gasteiger partial charge in [-0.2, -0.15) is 0 Å². The molecule has 1 aliphatic heterocycles. The highest BCUT2D eigenvalue weighted by atomic mass is 16.5. The smallest absolute Gasteiger partial charge is 0.253 e. The molecule has 1 unspecified atom stereocenters. The topological polar surface area (TPSA) is 55.3 Å². The summed E-state index contributed by atoms with van der Waals surface area (Å²) in [5, 5.41) is 0. The van der Waals surface area contributed by atoms with Crippen molar-refractivity contribution in [1.29, 1.82) is 0 Å². The number of carbonyl (C=O) groups is 1. The first-order valence-electron chi connectivity index (χ1n) is 10.4. The Hall–Kier alpha value is -2.27. The zero-order chi connectivity index (χ0) is 19.5. The summed E-state index contributed by atoms with van der Waals surface area (Å²) in [6, 6.07) is 9.69. The quantitative estimate of drug-likeness (QED) is 0.755. The molecule has 1 atom stereocenters. The minimum atomic E-state index is 0.0913. The monoisotopic (exact) mass is 379 g/mol. The van der Waals surface area contributed by atoms with Crippen LogP contribution in [0.4, 0.5) is 0 Å². The molecule has 5 heteroatoms. The maximum atomic E-state index is 13.4. The standard InChI is InChI=1S/C23H29N3O2/c1-16-12-17(2)25-22(24-16)19-8-4-9-20(13-19)23(27)26(14-18-6-3-7-18)15-21-10-5-11-28-21/h4,8-9,12-13,18,21H,3,5-7,10-11,14-15H2,1-2H3. The third kappa shape index (κ3) is 4.41. The Balaban J connectivity index is 1.56. The minimum Gasteiger partial charge on any atom is -0.376 e. The van der Waals surface area contributed by atoms with Gasteiger partial charge in [0.2, 0.25) is 0 Å². The number of nitrogens with zero attached hydrogens (tertiary/aromatic N) is 3. The number of amides is 1. The van der Waals surface area contributed by atoms with Gasteiger partial charge in [-0.1, -0.05) is 18.6 Å². The lowest BCUT2D eigenvalue weighted by molar-refractivity contribution is 0.0448. The maximum absolute atomic E-state index is 13.4. The molecule has 1 aromatic heterocycles. The van der Waals surface area contributed by atoms with E-state index in [1.807, 2.05) is 49.1 Å². The Bertz CT molecular complexity index is 821. The van der Waals surface area contributed by atoms with Crippen molar-refractivity contribution in [2.75, 3.05) is 19.7 Å². The van der Waals surface area contributed by atoms with Gasteiger partial charge in [0, 0.05) is 42.2 Å². The molecule has 5 nitrogen and oxygen atoms in total. The third-order valence-electron chi connectivity index (χ3n) is 5.79. The number of carbonyl (C=O) groups excluding carboxylic acids is 1. The fourth-order valence-corrected chi connectivity index (χ4v) is 4.09. The van der Waals surface area contributed by atoms with Gasteiger partial charge in [-0.3, -0.25) is 4.79 Å². The van der Waals surface area contributed by atoms with Crippen LogP contribution < -0.4 is 0 Å². The zero-order valence-corrected chi connectivity index (χ0v) is 16.9. The van der Waals surface area contributed by atoms with E-state index in [9.17, 15) is 4.79 Å². The first-order chi connectivity index (χ1) is 13.6. The molecular weight excluding hydrogens is 350 g/mol. The van der Waals surface area contributed by atoms with Crippen molar-refractivity contribution in [3.05, 3.63) is 47.3 Å². The van der Waals surface area contributed by atoms with Crippen LogP contribution in [0.5, 0.6) is 0 Å². The van der Waals surface area contributed by atoms with E-state index in [1.165, 1.54) is 19.3 Å². The van der Waals surface area contributed by atoms with Crippen LogP contribution in [0.2, 0.25) is 0 Å². The summed E-state index contributed by atoms with van der Waals surface area (Å²) >= 11 is 0. The molecule has 28 heavy (non-hydrogen) atoms. The fraction of sp³-hybridized carbons (Fsp3) is 0.522. The lowest BCUT2D eigenvalue weighted by Gasteiger charge is -2.33.